The summed E-state index contributed by atoms with van der Waals surface area (Å²) in [6.07, 6.45) is 0. The number of benzene rings is 1. The number of nitrogens with two attached hydrogens (primary N) is 2. The zero-order valence-electron chi connectivity index (χ0n) is 7.28. The van der Waals surface area contributed by atoms with Gasteiger partial charge >= 0.3 is 5.92 Å². The van der Waals surface area contributed by atoms with Crippen LogP contribution in [-0.2, 0) is 4.79 Å². The first-order chi connectivity index (χ1) is 6.46. The lowest BCUT2D eigenvalue weighted by molar-refractivity contribution is -0.145. The van der Waals surface area contributed by atoms with Crippen molar-refractivity contribution < 1.29 is 13.6 Å². The summed E-state index contributed by atoms with van der Waals surface area (Å²) < 4.78 is 26.1. The topological polar surface area (TPSA) is 69.1 Å². The van der Waals surface area contributed by atoms with E-state index in [1.165, 1.54) is 12.1 Å². The van der Waals surface area contributed by atoms with Crippen LogP contribution in [0.5, 0.6) is 0 Å². The highest BCUT2D eigenvalue weighted by atomic mass is 19.3. The minimum atomic E-state index is -3.72. The highest BCUT2D eigenvalue weighted by Gasteiger charge is 2.44. The van der Waals surface area contributed by atoms with Crippen molar-refractivity contribution >= 4 is 5.91 Å². The summed E-state index contributed by atoms with van der Waals surface area (Å²) in [4.78, 5) is 10.4. The number of rotatable bonds is 3. The molecule has 0 spiro atoms. The molecule has 14 heavy (non-hydrogen) atoms. The maximum atomic E-state index is 13.0. The van der Waals surface area contributed by atoms with Gasteiger partial charge in [-0.2, -0.15) is 8.78 Å². The third kappa shape index (κ3) is 1.88. The summed E-state index contributed by atoms with van der Waals surface area (Å²) in [6, 6.07) is 5.93. The minimum Gasteiger partial charge on any atom is -0.364 e. The molecule has 0 radical (unpaired) electrons. The average Bonchev–Trinajstić information content (AvgIpc) is 2.17. The zero-order chi connectivity index (χ0) is 10.8. The van der Waals surface area contributed by atoms with Crippen LogP contribution in [0.15, 0.2) is 30.3 Å². The van der Waals surface area contributed by atoms with Crippen molar-refractivity contribution in [1.82, 2.24) is 0 Å². The van der Waals surface area contributed by atoms with E-state index in [-0.39, 0.29) is 5.56 Å². The predicted molar refractivity (Wildman–Crippen MR) is 47.5 cm³/mol. The molecular weight excluding hydrogens is 190 g/mol. The maximum absolute atomic E-state index is 13.0. The molecule has 5 heteroatoms. The number of carbonyl (C=O) groups excluding carboxylic acids is 1. The second kappa shape index (κ2) is 3.71. The van der Waals surface area contributed by atoms with Crippen molar-refractivity contribution in [3.05, 3.63) is 35.9 Å². The molecule has 0 aliphatic rings. The van der Waals surface area contributed by atoms with E-state index in [4.69, 9.17) is 5.73 Å². The number of carbonyl (C=O) groups is 1. The van der Waals surface area contributed by atoms with Crippen LogP contribution in [0.2, 0.25) is 0 Å². The highest BCUT2D eigenvalue weighted by molar-refractivity contribution is 5.82. The lowest BCUT2D eigenvalue weighted by Gasteiger charge is -2.20. The smallest absolute Gasteiger partial charge is 0.343 e. The van der Waals surface area contributed by atoms with Gasteiger partial charge in [0.25, 0.3) is 5.91 Å². The highest BCUT2D eigenvalue weighted by Crippen LogP contribution is 2.28. The Morgan fingerprint density at radius 2 is 1.79 bits per heavy atom. The lowest BCUT2D eigenvalue weighted by atomic mass is 10.0. The molecule has 4 N–H and O–H groups in total. The minimum absolute atomic E-state index is 0.177. The van der Waals surface area contributed by atoms with Crippen LogP contribution in [0.25, 0.3) is 0 Å². The predicted octanol–water partition coefficient (Wildman–Crippen LogP) is 0.807. The average molecular weight is 200 g/mol. The molecule has 0 saturated carbocycles. The number of hydrogen-bond donors (Lipinski definition) is 2. The van der Waals surface area contributed by atoms with Crippen LogP contribution >= 0.6 is 0 Å². The number of primary amides is 1. The first kappa shape index (κ1) is 10.6. The first-order valence-electron chi connectivity index (χ1n) is 3.94. The van der Waals surface area contributed by atoms with Crippen LogP contribution in [0, 0.1) is 0 Å². The molecule has 1 atom stereocenters. The molecule has 76 valence electrons. The van der Waals surface area contributed by atoms with Crippen LogP contribution in [0.3, 0.4) is 0 Å². The third-order valence-electron chi connectivity index (χ3n) is 1.88. The van der Waals surface area contributed by atoms with Crippen molar-refractivity contribution in [2.24, 2.45) is 11.5 Å². The summed E-state index contributed by atoms with van der Waals surface area (Å²) in [5.41, 5.74) is 9.94. The Kier molecular flexibility index (Phi) is 2.81. The molecule has 0 aliphatic carbocycles. The van der Waals surface area contributed by atoms with E-state index in [1.54, 1.807) is 18.2 Å². The van der Waals surface area contributed by atoms with Gasteiger partial charge < -0.3 is 11.5 Å². The maximum Gasteiger partial charge on any atom is 0.343 e. The standard InChI is InChI=1S/C9H10F2N2O/c10-9(11,8(13)14)7(12)6-4-2-1-3-5-6/h1-5,7H,12H2,(H2,13,14)/t7-/m1/s1. The van der Waals surface area contributed by atoms with Crippen LogP contribution in [-0.4, -0.2) is 11.8 Å². The summed E-state index contributed by atoms with van der Waals surface area (Å²) in [7, 11) is 0. The van der Waals surface area contributed by atoms with Crippen molar-refractivity contribution in [1.29, 1.82) is 0 Å². The van der Waals surface area contributed by atoms with Crippen LogP contribution in [0.4, 0.5) is 8.78 Å². The van der Waals surface area contributed by atoms with Gasteiger partial charge in [-0.05, 0) is 5.56 Å². The Balaban J connectivity index is 2.96. The lowest BCUT2D eigenvalue weighted by Crippen LogP contribution is -2.44. The Bertz CT molecular complexity index is 327. The Morgan fingerprint density at radius 1 is 1.29 bits per heavy atom. The van der Waals surface area contributed by atoms with Gasteiger partial charge in [-0.15, -0.1) is 0 Å². The normalized spacial score (nSPS) is 13.6. The van der Waals surface area contributed by atoms with Crippen LogP contribution < -0.4 is 11.5 Å². The van der Waals surface area contributed by atoms with Crippen molar-refractivity contribution in [2.75, 3.05) is 0 Å². The molecule has 1 aromatic rings. The largest absolute Gasteiger partial charge is 0.364 e. The van der Waals surface area contributed by atoms with Crippen LogP contribution in [0.1, 0.15) is 11.6 Å². The van der Waals surface area contributed by atoms with Gasteiger partial charge in [0.2, 0.25) is 0 Å². The molecule has 1 aromatic carbocycles. The number of alkyl halides is 2. The summed E-state index contributed by atoms with van der Waals surface area (Å²) in [5, 5.41) is 0. The van der Waals surface area contributed by atoms with E-state index in [0.29, 0.717) is 0 Å². The molecule has 0 aromatic heterocycles. The van der Waals surface area contributed by atoms with Crippen molar-refractivity contribution in [2.45, 2.75) is 12.0 Å². The van der Waals surface area contributed by atoms with Gasteiger partial charge in [0.1, 0.15) is 6.04 Å². The van der Waals surface area contributed by atoms with Gasteiger partial charge in [-0.25, -0.2) is 0 Å². The van der Waals surface area contributed by atoms with E-state index < -0.39 is 17.9 Å². The Labute approximate surface area is 79.7 Å². The summed E-state index contributed by atoms with van der Waals surface area (Å²) in [6.45, 7) is 0. The van der Waals surface area contributed by atoms with Gasteiger partial charge in [0.15, 0.2) is 0 Å². The monoisotopic (exact) mass is 200 g/mol. The van der Waals surface area contributed by atoms with Crippen molar-refractivity contribution in [3.63, 3.8) is 0 Å². The SMILES string of the molecule is NC(=O)C(F)(F)[C@H](N)c1ccccc1. The van der Waals surface area contributed by atoms with E-state index >= 15 is 0 Å². The first-order valence-corrected chi connectivity index (χ1v) is 3.94. The molecule has 0 saturated heterocycles. The van der Waals surface area contributed by atoms with Gasteiger partial charge in [-0.3, -0.25) is 4.79 Å². The molecule has 0 aliphatic heterocycles. The van der Waals surface area contributed by atoms with Gasteiger partial charge in [0.05, 0.1) is 0 Å². The summed E-state index contributed by atoms with van der Waals surface area (Å²) in [5.74, 6) is -5.43. The van der Waals surface area contributed by atoms with Gasteiger partial charge in [-0.1, -0.05) is 30.3 Å². The molecule has 0 unspecified atom stereocenters. The number of amides is 1. The number of halogens is 2. The zero-order valence-corrected chi connectivity index (χ0v) is 7.28. The van der Waals surface area contributed by atoms with E-state index in [0.717, 1.165) is 0 Å². The third-order valence-corrected chi connectivity index (χ3v) is 1.88. The molecular formula is C9H10F2N2O. The second-order valence-electron chi connectivity index (χ2n) is 2.88. The second-order valence-corrected chi connectivity index (χ2v) is 2.88. The molecule has 0 fully saturated rings. The van der Waals surface area contributed by atoms with E-state index in [9.17, 15) is 13.6 Å². The number of hydrogen-bond acceptors (Lipinski definition) is 2. The molecule has 1 amide bonds. The molecule has 0 heterocycles. The fraction of sp³-hybridized carbons (Fsp3) is 0.222. The fourth-order valence-corrected chi connectivity index (χ4v) is 1.02. The van der Waals surface area contributed by atoms with E-state index in [1.807, 2.05) is 0 Å². The quantitative estimate of drug-likeness (QED) is 0.757. The van der Waals surface area contributed by atoms with Crippen molar-refractivity contribution in [3.8, 4) is 0 Å². The Hall–Kier alpha value is -1.49. The molecule has 1 rings (SSSR count). The molecule has 3 nitrogen and oxygen atoms in total. The Morgan fingerprint density at radius 3 is 2.21 bits per heavy atom. The molecule has 0 bridgehead atoms. The van der Waals surface area contributed by atoms with E-state index in [2.05, 4.69) is 5.73 Å². The summed E-state index contributed by atoms with van der Waals surface area (Å²) >= 11 is 0. The van der Waals surface area contributed by atoms with Gasteiger partial charge in [0, 0.05) is 0 Å². The fourth-order valence-electron chi connectivity index (χ4n) is 1.02.